The summed E-state index contributed by atoms with van der Waals surface area (Å²) in [5, 5.41) is 7.72. The molecule has 1 aromatic heterocycles. The third kappa shape index (κ3) is 4.31. The van der Waals surface area contributed by atoms with Crippen molar-refractivity contribution >= 4 is 5.69 Å². The van der Waals surface area contributed by atoms with Crippen LogP contribution in [0.15, 0.2) is 36.9 Å². The zero-order valence-electron chi connectivity index (χ0n) is 12.5. The molecule has 21 heavy (non-hydrogen) atoms. The Kier molecular flexibility index (Phi) is 4.87. The summed E-state index contributed by atoms with van der Waals surface area (Å²) in [6.07, 6.45) is 11.8. The molecule has 0 bridgehead atoms. The summed E-state index contributed by atoms with van der Waals surface area (Å²) < 4.78 is 1.84. The van der Waals surface area contributed by atoms with Crippen LogP contribution < -0.4 is 5.32 Å². The van der Waals surface area contributed by atoms with Gasteiger partial charge in [-0.3, -0.25) is 0 Å². The van der Waals surface area contributed by atoms with Crippen molar-refractivity contribution in [1.82, 2.24) is 14.8 Å². The first-order valence-corrected chi connectivity index (χ1v) is 8.05. The van der Waals surface area contributed by atoms with E-state index in [1.165, 1.54) is 49.8 Å². The van der Waals surface area contributed by atoms with Crippen molar-refractivity contribution in [3.8, 4) is 0 Å². The molecular formula is C17H24N4. The molecule has 112 valence electrons. The summed E-state index contributed by atoms with van der Waals surface area (Å²) in [6.45, 7) is 1.89. The van der Waals surface area contributed by atoms with Crippen LogP contribution in [0.5, 0.6) is 0 Å². The first kappa shape index (κ1) is 14.1. The van der Waals surface area contributed by atoms with E-state index in [0.29, 0.717) is 0 Å². The van der Waals surface area contributed by atoms with Gasteiger partial charge < -0.3 is 5.32 Å². The molecule has 1 heterocycles. The molecule has 0 saturated heterocycles. The minimum absolute atomic E-state index is 0.781. The topological polar surface area (TPSA) is 42.7 Å². The number of nitrogens with one attached hydrogen (secondary N) is 1. The van der Waals surface area contributed by atoms with Crippen molar-refractivity contribution in [2.24, 2.45) is 5.92 Å². The van der Waals surface area contributed by atoms with Gasteiger partial charge in [0.05, 0.1) is 6.54 Å². The first-order chi connectivity index (χ1) is 10.4. The van der Waals surface area contributed by atoms with Crippen LogP contribution in [0, 0.1) is 5.92 Å². The molecule has 1 N–H and O–H groups in total. The van der Waals surface area contributed by atoms with Gasteiger partial charge in [0, 0.05) is 12.2 Å². The van der Waals surface area contributed by atoms with Crippen LogP contribution in [0.25, 0.3) is 0 Å². The van der Waals surface area contributed by atoms with Crippen molar-refractivity contribution in [2.45, 2.75) is 45.1 Å². The molecular weight excluding hydrogens is 260 g/mol. The van der Waals surface area contributed by atoms with Crippen LogP contribution in [-0.2, 0) is 6.54 Å². The molecule has 4 nitrogen and oxygen atoms in total. The van der Waals surface area contributed by atoms with E-state index < -0.39 is 0 Å². The highest BCUT2D eigenvalue weighted by atomic mass is 15.3. The van der Waals surface area contributed by atoms with Crippen molar-refractivity contribution in [3.63, 3.8) is 0 Å². The van der Waals surface area contributed by atoms with Crippen LogP contribution in [0.2, 0.25) is 0 Å². The maximum absolute atomic E-state index is 4.13. The summed E-state index contributed by atoms with van der Waals surface area (Å²) in [7, 11) is 0. The van der Waals surface area contributed by atoms with Gasteiger partial charge in [-0.25, -0.2) is 9.67 Å². The van der Waals surface area contributed by atoms with Gasteiger partial charge in [0.2, 0.25) is 0 Å². The quantitative estimate of drug-likeness (QED) is 0.851. The van der Waals surface area contributed by atoms with E-state index in [9.17, 15) is 0 Å². The van der Waals surface area contributed by atoms with Crippen molar-refractivity contribution in [2.75, 3.05) is 11.9 Å². The van der Waals surface area contributed by atoms with Crippen LogP contribution in [0.1, 0.15) is 44.1 Å². The van der Waals surface area contributed by atoms with E-state index in [-0.39, 0.29) is 0 Å². The second kappa shape index (κ2) is 7.25. The average molecular weight is 284 g/mol. The molecule has 1 aliphatic carbocycles. The summed E-state index contributed by atoms with van der Waals surface area (Å²) >= 11 is 0. The fraction of sp³-hybridized carbons (Fsp3) is 0.529. The molecule has 1 fully saturated rings. The fourth-order valence-electron chi connectivity index (χ4n) is 3.06. The van der Waals surface area contributed by atoms with Crippen LogP contribution in [0.4, 0.5) is 5.69 Å². The zero-order chi connectivity index (χ0) is 14.3. The molecule has 0 amide bonds. The first-order valence-electron chi connectivity index (χ1n) is 8.05. The number of rotatable bonds is 5. The molecule has 1 aromatic carbocycles. The van der Waals surface area contributed by atoms with E-state index in [4.69, 9.17) is 0 Å². The number of hydrogen-bond acceptors (Lipinski definition) is 3. The van der Waals surface area contributed by atoms with Gasteiger partial charge in [0.25, 0.3) is 0 Å². The third-order valence-electron chi connectivity index (χ3n) is 4.33. The number of aromatic nitrogens is 3. The Morgan fingerprint density at radius 2 is 1.81 bits per heavy atom. The molecule has 4 heteroatoms. The fourth-order valence-corrected chi connectivity index (χ4v) is 3.06. The maximum Gasteiger partial charge on any atom is 0.137 e. The van der Waals surface area contributed by atoms with Crippen LogP contribution >= 0.6 is 0 Å². The van der Waals surface area contributed by atoms with Crippen LogP contribution in [-0.4, -0.2) is 21.3 Å². The molecule has 2 aromatic rings. The predicted octanol–water partition coefficient (Wildman–Crippen LogP) is 3.71. The minimum atomic E-state index is 0.781. The minimum Gasteiger partial charge on any atom is -0.385 e. The Morgan fingerprint density at radius 1 is 1.05 bits per heavy atom. The van der Waals surface area contributed by atoms with E-state index in [1.807, 2.05) is 4.68 Å². The van der Waals surface area contributed by atoms with Gasteiger partial charge >= 0.3 is 0 Å². The number of nitrogens with zero attached hydrogens (tertiary/aromatic N) is 3. The maximum atomic E-state index is 4.13. The highest BCUT2D eigenvalue weighted by Crippen LogP contribution is 2.23. The van der Waals surface area contributed by atoms with E-state index in [2.05, 4.69) is 39.7 Å². The summed E-state index contributed by atoms with van der Waals surface area (Å²) in [5.41, 5.74) is 2.47. The monoisotopic (exact) mass is 284 g/mol. The Hall–Kier alpha value is -1.84. The van der Waals surface area contributed by atoms with Gasteiger partial charge in [0.1, 0.15) is 12.7 Å². The number of anilines is 1. The summed E-state index contributed by atoms with van der Waals surface area (Å²) in [5.74, 6) is 0.849. The van der Waals surface area contributed by atoms with Gasteiger partial charge in [-0.2, -0.15) is 5.10 Å². The average Bonchev–Trinajstić information content (AvgIpc) is 2.88. The highest BCUT2D eigenvalue weighted by Gasteiger charge is 2.11. The standard InChI is InChI=1S/C17H24N4/c1-2-4-6-15(5-3-1)11-19-17-9-7-16(8-10-17)12-21-14-18-13-20-21/h7-10,13-15,19H,1-6,11-12H2. The lowest BCUT2D eigenvalue weighted by Gasteiger charge is -2.16. The molecule has 0 unspecified atom stereocenters. The molecule has 0 atom stereocenters. The lowest BCUT2D eigenvalue weighted by atomic mass is 10.0. The van der Waals surface area contributed by atoms with Gasteiger partial charge in [-0.15, -0.1) is 0 Å². The third-order valence-corrected chi connectivity index (χ3v) is 4.33. The molecule has 1 saturated carbocycles. The second-order valence-corrected chi connectivity index (χ2v) is 6.03. The smallest absolute Gasteiger partial charge is 0.137 e. The van der Waals surface area contributed by atoms with Gasteiger partial charge in [-0.1, -0.05) is 37.8 Å². The molecule has 0 aliphatic heterocycles. The summed E-state index contributed by atoms with van der Waals surface area (Å²) in [4.78, 5) is 3.96. The lowest BCUT2D eigenvalue weighted by Crippen LogP contribution is -2.13. The van der Waals surface area contributed by atoms with Gasteiger partial charge in [0.15, 0.2) is 0 Å². The van der Waals surface area contributed by atoms with Crippen molar-refractivity contribution in [3.05, 3.63) is 42.5 Å². The molecule has 0 radical (unpaired) electrons. The predicted molar refractivity (Wildman–Crippen MR) is 85.2 cm³/mol. The Labute approximate surface area is 126 Å². The molecule has 0 spiro atoms. The lowest BCUT2D eigenvalue weighted by molar-refractivity contribution is 0.483. The van der Waals surface area contributed by atoms with Gasteiger partial charge in [-0.05, 0) is 36.5 Å². The second-order valence-electron chi connectivity index (χ2n) is 6.03. The van der Waals surface area contributed by atoms with Crippen LogP contribution in [0.3, 0.4) is 0 Å². The Balaban J connectivity index is 1.49. The number of hydrogen-bond donors (Lipinski definition) is 1. The van der Waals surface area contributed by atoms with E-state index in [0.717, 1.165) is 19.0 Å². The van der Waals surface area contributed by atoms with Crippen molar-refractivity contribution in [1.29, 1.82) is 0 Å². The van der Waals surface area contributed by atoms with E-state index >= 15 is 0 Å². The summed E-state index contributed by atoms with van der Waals surface area (Å²) in [6, 6.07) is 8.67. The SMILES string of the molecule is c1ncn(Cc2ccc(NCC3CCCCCC3)cc2)n1. The molecule has 1 aliphatic rings. The highest BCUT2D eigenvalue weighted by molar-refractivity contribution is 5.44. The number of benzene rings is 1. The largest absolute Gasteiger partial charge is 0.385 e. The Morgan fingerprint density at radius 3 is 2.48 bits per heavy atom. The zero-order valence-corrected chi connectivity index (χ0v) is 12.5. The Bertz CT molecular complexity index is 510. The van der Waals surface area contributed by atoms with Crippen molar-refractivity contribution < 1.29 is 0 Å². The van der Waals surface area contributed by atoms with E-state index in [1.54, 1.807) is 12.7 Å². The molecule has 3 rings (SSSR count). The normalized spacial score (nSPS) is 16.6.